The molecule has 1 N–H and O–H groups in total. The third-order valence-electron chi connectivity index (χ3n) is 2.41. The average molecular weight is 324 g/mol. The first-order valence-corrected chi connectivity index (χ1v) is 8.69. The first kappa shape index (κ1) is 14.4. The Balaban J connectivity index is 2.42. The molecule has 3 atom stereocenters. The molecule has 0 saturated carbocycles. The van der Waals surface area contributed by atoms with E-state index in [2.05, 4.69) is 46.5 Å². The fourth-order valence-electron chi connectivity index (χ4n) is 1.54. The molecule has 0 fully saturated rings. The second-order valence-corrected chi connectivity index (χ2v) is 7.34. The molecule has 5 heteroatoms. The summed E-state index contributed by atoms with van der Waals surface area (Å²) in [5.41, 5.74) is 0. The second kappa shape index (κ2) is 6.89. The molecule has 0 aliphatic rings. The van der Waals surface area contributed by atoms with Gasteiger partial charge in [-0.2, -0.15) is 0 Å². The van der Waals surface area contributed by atoms with Crippen molar-refractivity contribution in [2.75, 3.05) is 12.0 Å². The molecule has 0 bridgehead atoms. The minimum atomic E-state index is -0.689. The Morgan fingerprint density at radius 1 is 1.56 bits per heavy atom. The lowest BCUT2D eigenvalue weighted by molar-refractivity contribution is 0.474. The van der Waals surface area contributed by atoms with E-state index >= 15 is 0 Å². The summed E-state index contributed by atoms with van der Waals surface area (Å²) in [5.74, 6) is 0.770. The van der Waals surface area contributed by atoms with Crippen molar-refractivity contribution >= 4 is 38.1 Å². The monoisotopic (exact) mass is 323 g/mol. The van der Waals surface area contributed by atoms with Gasteiger partial charge in [0.2, 0.25) is 0 Å². The van der Waals surface area contributed by atoms with Gasteiger partial charge in [0.15, 0.2) is 0 Å². The molecular weight excluding hydrogens is 306 g/mol. The number of nitrogens with one attached hydrogen (secondary N) is 1. The summed E-state index contributed by atoms with van der Waals surface area (Å²) in [4.78, 5) is 1.32. The molecule has 16 heavy (non-hydrogen) atoms. The van der Waals surface area contributed by atoms with Gasteiger partial charge in [0.25, 0.3) is 0 Å². The zero-order valence-electron chi connectivity index (χ0n) is 9.83. The summed E-state index contributed by atoms with van der Waals surface area (Å²) in [6.07, 6.45) is 2.71. The van der Waals surface area contributed by atoms with E-state index in [0.29, 0.717) is 12.1 Å². The van der Waals surface area contributed by atoms with Crippen molar-refractivity contribution < 1.29 is 4.21 Å². The highest BCUT2D eigenvalue weighted by Crippen LogP contribution is 2.29. The normalized spacial score (nSPS) is 17.0. The Bertz CT molecular complexity index is 354. The van der Waals surface area contributed by atoms with Crippen LogP contribution in [0.1, 0.15) is 31.2 Å². The zero-order valence-corrected chi connectivity index (χ0v) is 13.0. The first-order chi connectivity index (χ1) is 7.50. The maximum Gasteiger partial charge on any atom is 0.0399 e. The molecule has 1 heterocycles. The minimum Gasteiger partial charge on any atom is -0.307 e. The van der Waals surface area contributed by atoms with Gasteiger partial charge in [-0.25, -0.2) is 0 Å². The van der Waals surface area contributed by atoms with E-state index in [1.54, 1.807) is 17.6 Å². The van der Waals surface area contributed by atoms with Gasteiger partial charge in [-0.05, 0) is 47.6 Å². The Labute approximate surface area is 112 Å². The lowest BCUT2D eigenvalue weighted by atomic mass is 10.2. The van der Waals surface area contributed by atoms with Crippen LogP contribution in [0.25, 0.3) is 0 Å². The predicted octanol–water partition coefficient (Wildman–Crippen LogP) is 3.32. The largest absolute Gasteiger partial charge is 0.307 e. The Kier molecular flexibility index (Phi) is 6.18. The molecule has 0 saturated heterocycles. The van der Waals surface area contributed by atoms with Crippen LogP contribution in [0.2, 0.25) is 0 Å². The van der Waals surface area contributed by atoms with Crippen molar-refractivity contribution in [1.29, 1.82) is 0 Å². The molecule has 1 aromatic rings. The summed E-state index contributed by atoms with van der Waals surface area (Å²) in [7, 11) is -0.689. The molecule has 0 amide bonds. The zero-order chi connectivity index (χ0) is 12.1. The van der Waals surface area contributed by atoms with E-state index in [-0.39, 0.29) is 0 Å². The highest BCUT2D eigenvalue weighted by atomic mass is 79.9. The number of hydrogen-bond acceptors (Lipinski definition) is 3. The van der Waals surface area contributed by atoms with Gasteiger partial charge in [-0.3, -0.25) is 4.21 Å². The molecule has 2 nitrogen and oxygen atoms in total. The van der Waals surface area contributed by atoms with Gasteiger partial charge < -0.3 is 5.32 Å². The van der Waals surface area contributed by atoms with E-state index in [1.165, 1.54) is 9.35 Å². The molecule has 1 aromatic heterocycles. The van der Waals surface area contributed by atoms with Gasteiger partial charge in [-0.15, -0.1) is 11.3 Å². The van der Waals surface area contributed by atoms with Crippen LogP contribution in [0.3, 0.4) is 0 Å². The molecule has 0 aromatic carbocycles. The molecule has 0 aliphatic heterocycles. The van der Waals surface area contributed by atoms with Gasteiger partial charge in [-0.1, -0.05) is 0 Å². The highest BCUT2D eigenvalue weighted by molar-refractivity contribution is 9.10. The van der Waals surface area contributed by atoms with Gasteiger partial charge >= 0.3 is 0 Å². The lowest BCUT2D eigenvalue weighted by Crippen LogP contribution is -2.29. The average Bonchev–Trinajstić information content (AvgIpc) is 2.61. The van der Waals surface area contributed by atoms with Crippen LogP contribution in [-0.2, 0) is 10.8 Å². The van der Waals surface area contributed by atoms with Crippen LogP contribution < -0.4 is 5.32 Å². The van der Waals surface area contributed by atoms with Crippen LogP contribution in [0.5, 0.6) is 0 Å². The number of halogens is 1. The smallest absolute Gasteiger partial charge is 0.0399 e. The van der Waals surface area contributed by atoms with E-state index in [0.717, 1.165) is 12.2 Å². The molecule has 0 radical (unpaired) electrons. The molecule has 0 spiro atoms. The first-order valence-electron chi connectivity index (χ1n) is 5.29. The van der Waals surface area contributed by atoms with E-state index in [1.807, 2.05) is 0 Å². The summed E-state index contributed by atoms with van der Waals surface area (Å²) in [6, 6.07) is 2.81. The summed E-state index contributed by atoms with van der Waals surface area (Å²) in [5, 5.41) is 5.61. The van der Waals surface area contributed by atoms with Crippen molar-refractivity contribution in [3.05, 3.63) is 20.8 Å². The number of rotatable bonds is 6. The van der Waals surface area contributed by atoms with Crippen LogP contribution in [-0.4, -0.2) is 22.3 Å². The third-order valence-corrected chi connectivity index (χ3v) is 5.28. The van der Waals surface area contributed by atoms with Crippen molar-refractivity contribution in [2.24, 2.45) is 0 Å². The minimum absolute atomic E-state index is 0.342. The Morgan fingerprint density at radius 2 is 2.25 bits per heavy atom. The van der Waals surface area contributed by atoms with Crippen LogP contribution in [0.15, 0.2) is 15.9 Å². The molecule has 1 rings (SSSR count). The second-order valence-electron chi connectivity index (χ2n) is 3.99. The number of thiophene rings is 1. The molecule has 3 unspecified atom stereocenters. The summed E-state index contributed by atoms with van der Waals surface area (Å²) >= 11 is 5.30. The maximum atomic E-state index is 11.0. The number of hydrogen-bond donors (Lipinski definition) is 1. The summed E-state index contributed by atoms with van der Waals surface area (Å²) < 4.78 is 12.2. The van der Waals surface area contributed by atoms with Gasteiger partial charge in [0, 0.05) is 44.2 Å². The van der Waals surface area contributed by atoms with Gasteiger partial charge in [0.1, 0.15) is 0 Å². The van der Waals surface area contributed by atoms with Crippen LogP contribution in [0.4, 0.5) is 0 Å². The van der Waals surface area contributed by atoms with E-state index < -0.39 is 10.8 Å². The molecule has 0 aliphatic carbocycles. The summed E-state index contributed by atoms with van der Waals surface area (Å²) in [6.45, 7) is 4.31. The van der Waals surface area contributed by atoms with Gasteiger partial charge in [0.05, 0.1) is 0 Å². The highest BCUT2D eigenvalue weighted by Gasteiger charge is 2.13. The van der Waals surface area contributed by atoms with Crippen molar-refractivity contribution in [3.63, 3.8) is 0 Å². The quantitative estimate of drug-likeness (QED) is 0.870. The maximum absolute atomic E-state index is 11.0. The van der Waals surface area contributed by atoms with Crippen molar-refractivity contribution in [3.8, 4) is 0 Å². The molecular formula is C11H18BrNOS2. The lowest BCUT2D eigenvalue weighted by Gasteiger charge is -2.19. The van der Waals surface area contributed by atoms with Crippen LogP contribution in [0, 0.1) is 0 Å². The fraction of sp³-hybridized carbons (Fsp3) is 0.636. The van der Waals surface area contributed by atoms with E-state index in [4.69, 9.17) is 0 Å². The van der Waals surface area contributed by atoms with Crippen molar-refractivity contribution in [1.82, 2.24) is 5.32 Å². The Morgan fingerprint density at radius 3 is 2.75 bits per heavy atom. The van der Waals surface area contributed by atoms with Crippen LogP contribution >= 0.6 is 27.3 Å². The third kappa shape index (κ3) is 4.65. The standard InChI is InChI=1S/C11H18BrNOS2/c1-8(5-7-16(3)14)13-9(2)11-10(12)4-6-15-11/h4,6,8-9,13H,5,7H2,1-3H3. The topological polar surface area (TPSA) is 29.1 Å². The molecule has 92 valence electrons. The fourth-order valence-corrected chi connectivity index (χ4v) is 3.96. The SMILES string of the molecule is CC(CCS(C)=O)NC(C)c1sccc1Br. The van der Waals surface area contributed by atoms with E-state index in [9.17, 15) is 4.21 Å². The van der Waals surface area contributed by atoms with Crippen molar-refractivity contribution in [2.45, 2.75) is 32.4 Å². The Hall–Kier alpha value is 0.290. The predicted molar refractivity (Wildman–Crippen MR) is 76.6 cm³/mol.